The molecule has 0 spiro atoms. The van der Waals surface area contributed by atoms with Crippen LogP contribution in [0, 0.1) is 6.92 Å². The van der Waals surface area contributed by atoms with Crippen LogP contribution < -0.4 is 10.6 Å². The van der Waals surface area contributed by atoms with Crippen molar-refractivity contribution in [1.29, 1.82) is 0 Å². The Morgan fingerprint density at radius 2 is 2.05 bits per heavy atom. The highest BCUT2D eigenvalue weighted by molar-refractivity contribution is 5.46. The molecule has 0 aromatic carbocycles. The second-order valence-corrected chi connectivity index (χ2v) is 4.49. The smallest absolute Gasteiger partial charge is 0.0602 e. The van der Waals surface area contributed by atoms with Crippen molar-refractivity contribution in [3.05, 3.63) is 53.6 Å². The summed E-state index contributed by atoms with van der Waals surface area (Å²) in [4.78, 5) is 11.0. The van der Waals surface area contributed by atoms with Crippen molar-refractivity contribution in [2.45, 2.75) is 26.9 Å². The van der Waals surface area contributed by atoms with Crippen molar-refractivity contribution >= 4 is 5.69 Å². The molecular weight excluding hydrogens is 236 g/mol. The highest BCUT2D eigenvalue weighted by Crippen LogP contribution is 2.16. The molecule has 2 aromatic heterocycles. The van der Waals surface area contributed by atoms with E-state index < -0.39 is 0 Å². The van der Waals surface area contributed by atoms with Crippen LogP contribution >= 0.6 is 0 Å². The quantitative estimate of drug-likeness (QED) is 0.891. The third-order valence-corrected chi connectivity index (χ3v) is 3.06. The van der Waals surface area contributed by atoms with Gasteiger partial charge in [0, 0.05) is 30.7 Å². The van der Waals surface area contributed by atoms with E-state index in [1.54, 1.807) is 0 Å². The summed E-state index contributed by atoms with van der Waals surface area (Å²) in [6, 6.07) is 10.2. The molecule has 0 aliphatic rings. The molecular formula is C15H20N4. The van der Waals surface area contributed by atoms with Gasteiger partial charge in [-0.2, -0.15) is 0 Å². The van der Waals surface area contributed by atoms with Gasteiger partial charge in [0.1, 0.15) is 0 Å². The first-order chi connectivity index (χ1) is 9.22. The van der Waals surface area contributed by atoms with Crippen LogP contribution in [0.3, 0.4) is 0 Å². The van der Waals surface area contributed by atoms with E-state index in [0.29, 0.717) is 6.54 Å². The Morgan fingerprint density at radius 3 is 2.74 bits per heavy atom. The van der Waals surface area contributed by atoms with E-state index in [1.807, 2.05) is 37.4 Å². The number of hydrogen-bond donors (Lipinski definition) is 1. The molecule has 4 heteroatoms. The zero-order chi connectivity index (χ0) is 13.7. The summed E-state index contributed by atoms with van der Waals surface area (Å²) in [5.74, 6) is 0. The van der Waals surface area contributed by atoms with Crippen LogP contribution in [0.4, 0.5) is 5.69 Å². The maximum atomic E-state index is 5.64. The zero-order valence-electron chi connectivity index (χ0n) is 11.5. The van der Waals surface area contributed by atoms with Crippen LogP contribution in [-0.4, -0.2) is 16.5 Å². The first-order valence-electron chi connectivity index (χ1n) is 6.55. The molecule has 0 saturated carbocycles. The molecule has 0 atom stereocenters. The van der Waals surface area contributed by atoms with Crippen molar-refractivity contribution in [2.24, 2.45) is 5.73 Å². The van der Waals surface area contributed by atoms with E-state index in [0.717, 1.165) is 35.9 Å². The van der Waals surface area contributed by atoms with Crippen LogP contribution in [-0.2, 0) is 13.1 Å². The minimum absolute atomic E-state index is 0.466. The van der Waals surface area contributed by atoms with E-state index in [9.17, 15) is 0 Å². The Morgan fingerprint density at radius 1 is 1.21 bits per heavy atom. The van der Waals surface area contributed by atoms with Crippen molar-refractivity contribution < 1.29 is 0 Å². The Balaban J connectivity index is 2.19. The molecule has 0 aliphatic carbocycles. The monoisotopic (exact) mass is 256 g/mol. The highest BCUT2D eigenvalue weighted by atomic mass is 15.1. The molecule has 2 N–H and O–H groups in total. The lowest BCUT2D eigenvalue weighted by Gasteiger charge is -2.23. The minimum atomic E-state index is 0.466. The Bertz CT molecular complexity index is 539. The van der Waals surface area contributed by atoms with Crippen molar-refractivity contribution in [1.82, 2.24) is 9.97 Å². The van der Waals surface area contributed by atoms with Gasteiger partial charge in [0.2, 0.25) is 0 Å². The van der Waals surface area contributed by atoms with E-state index in [-0.39, 0.29) is 0 Å². The third-order valence-electron chi connectivity index (χ3n) is 3.06. The fraction of sp³-hybridized carbons (Fsp3) is 0.333. The fourth-order valence-corrected chi connectivity index (χ4v) is 2.04. The second-order valence-electron chi connectivity index (χ2n) is 4.49. The Labute approximate surface area is 114 Å². The van der Waals surface area contributed by atoms with Gasteiger partial charge in [0.15, 0.2) is 0 Å². The van der Waals surface area contributed by atoms with Crippen molar-refractivity contribution in [3.8, 4) is 0 Å². The highest BCUT2D eigenvalue weighted by Gasteiger charge is 2.07. The predicted molar refractivity (Wildman–Crippen MR) is 77.8 cm³/mol. The number of hydrogen-bond acceptors (Lipinski definition) is 4. The number of pyridine rings is 2. The van der Waals surface area contributed by atoms with Crippen LogP contribution in [0.25, 0.3) is 0 Å². The topological polar surface area (TPSA) is 55.0 Å². The lowest BCUT2D eigenvalue weighted by Crippen LogP contribution is -2.23. The molecule has 0 amide bonds. The van der Waals surface area contributed by atoms with E-state index >= 15 is 0 Å². The lowest BCUT2D eigenvalue weighted by molar-refractivity contribution is 0.802. The minimum Gasteiger partial charge on any atom is -0.366 e. The van der Waals surface area contributed by atoms with Gasteiger partial charge in [-0.05, 0) is 38.1 Å². The second kappa shape index (κ2) is 6.29. The van der Waals surface area contributed by atoms with E-state index in [4.69, 9.17) is 5.73 Å². The van der Waals surface area contributed by atoms with Crippen molar-refractivity contribution in [3.63, 3.8) is 0 Å². The normalized spacial score (nSPS) is 10.5. The number of anilines is 1. The standard InChI is InChI=1S/C15H20N4/c1-3-19(11-13-6-4-5-12(2)18-13)15-7-8-17-14(9-15)10-16/h4-9H,3,10-11,16H2,1-2H3. The van der Waals surface area contributed by atoms with Gasteiger partial charge in [0.05, 0.1) is 17.9 Å². The molecule has 100 valence electrons. The maximum Gasteiger partial charge on any atom is 0.0602 e. The van der Waals surface area contributed by atoms with Crippen LogP contribution in [0.1, 0.15) is 24.0 Å². The van der Waals surface area contributed by atoms with Gasteiger partial charge < -0.3 is 10.6 Å². The third kappa shape index (κ3) is 3.51. The number of aromatic nitrogens is 2. The molecule has 0 unspecified atom stereocenters. The number of nitrogens with zero attached hydrogens (tertiary/aromatic N) is 3. The average Bonchev–Trinajstić information content (AvgIpc) is 2.45. The molecule has 0 aliphatic heterocycles. The average molecular weight is 256 g/mol. The van der Waals surface area contributed by atoms with Gasteiger partial charge in [-0.15, -0.1) is 0 Å². The first-order valence-corrected chi connectivity index (χ1v) is 6.55. The van der Waals surface area contributed by atoms with E-state index in [1.165, 1.54) is 0 Å². The van der Waals surface area contributed by atoms with Gasteiger partial charge in [-0.25, -0.2) is 0 Å². The van der Waals surface area contributed by atoms with Gasteiger partial charge in [-0.1, -0.05) is 6.07 Å². The summed E-state index contributed by atoms with van der Waals surface area (Å²) >= 11 is 0. The summed E-state index contributed by atoms with van der Waals surface area (Å²) < 4.78 is 0. The molecule has 0 bridgehead atoms. The maximum absolute atomic E-state index is 5.64. The summed E-state index contributed by atoms with van der Waals surface area (Å²) in [6.07, 6.45) is 1.81. The molecule has 0 radical (unpaired) electrons. The Kier molecular flexibility index (Phi) is 4.47. The zero-order valence-corrected chi connectivity index (χ0v) is 11.5. The number of rotatable bonds is 5. The molecule has 2 aromatic rings. The van der Waals surface area contributed by atoms with Crippen LogP contribution in [0.5, 0.6) is 0 Å². The largest absolute Gasteiger partial charge is 0.366 e. The molecule has 0 saturated heterocycles. The Hall–Kier alpha value is -1.94. The summed E-state index contributed by atoms with van der Waals surface area (Å²) in [6.45, 7) is 6.33. The fourth-order valence-electron chi connectivity index (χ4n) is 2.04. The molecule has 2 heterocycles. The van der Waals surface area contributed by atoms with E-state index in [2.05, 4.69) is 27.9 Å². The van der Waals surface area contributed by atoms with Gasteiger partial charge in [0.25, 0.3) is 0 Å². The SMILES string of the molecule is CCN(Cc1cccc(C)n1)c1ccnc(CN)c1. The molecule has 0 fully saturated rings. The number of nitrogens with two attached hydrogens (primary N) is 1. The first kappa shape index (κ1) is 13.5. The van der Waals surface area contributed by atoms with Gasteiger partial charge >= 0.3 is 0 Å². The van der Waals surface area contributed by atoms with Crippen LogP contribution in [0.2, 0.25) is 0 Å². The number of aryl methyl sites for hydroxylation is 1. The van der Waals surface area contributed by atoms with Crippen molar-refractivity contribution in [2.75, 3.05) is 11.4 Å². The summed E-state index contributed by atoms with van der Waals surface area (Å²) in [7, 11) is 0. The molecule has 19 heavy (non-hydrogen) atoms. The molecule has 4 nitrogen and oxygen atoms in total. The predicted octanol–water partition coefficient (Wildman–Crippen LogP) is 2.27. The summed E-state index contributed by atoms with van der Waals surface area (Å²) in [5.41, 5.74) is 9.81. The molecule has 2 rings (SSSR count). The van der Waals surface area contributed by atoms with Gasteiger partial charge in [-0.3, -0.25) is 9.97 Å². The lowest BCUT2D eigenvalue weighted by atomic mass is 10.2. The summed E-state index contributed by atoms with van der Waals surface area (Å²) in [5, 5.41) is 0. The van der Waals surface area contributed by atoms with Crippen LogP contribution in [0.15, 0.2) is 36.5 Å².